The Morgan fingerprint density at radius 3 is 2.95 bits per heavy atom. The summed E-state index contributed by atoms with van der Waals surface area (Å²) in [5.74, 6) is 3.11. The molecule has 0 aliphatic heterocycles. The van der Waals surface area contributed by atoms with E-state index >= 15 is 0 Å². The van der Waals surface area contributed by atoms with Crippen molar-refractivity contribution in [1.82, 2.24) is 5.32 Å². The van der Waals surface area contributed by atoms with Crippen molar-refractivity contribution in [2.24, 2.45) is 0 Å². The van der Waals surface area contributed by atoms with Gasteiger partial charge in [0, 0.05) is 11.6 Å². The lowest BCUT2D eigenvalue weighted by Crippen LogP contribution is -2.49. The second-order valence-corrected chi connectivity index (χ2v) is 6.55. The number of aliphatic hydroxyl groups excluding tert-OH is 1. The molecule has 1 aromatic heterocycles. The second-order valence-electron chi connectivity index (χ2n) is 5.45. The third-order valence-electron chi connectivity index (χ3n) is 3.84. The van der Waals surface area contributed by atoms with Crippen LogP contribution >= 0.6 is 11.8 Å². The Morgan fingerprint density at radius 1 is 1.53 bits per heavy atom. The molecule has 1 unspecified atom stereocenters. The lowest BCUT2D eigenvalue weighted by molar-refractivity contribution is 0.144. The van der Waals surface area contributed by atoms with Gasteiger partial charge in [0.1, 0.15) is 5.76 Å². The van der Waals surface area contributed by atoms with Gasteiger partial charge >= 0.3 is 0 Å². The maximum Gasteiger partial charge on any atom is 0.113 e. The number of hydrogen-bond acceptors (Lipinski definition) is 4. The molecule has 0 bridgehead atoms. The first-order valence-electron chi connectivity index (χ1n) is 7.27. The van der Waals surface area contributed by atoms with E-state index in [1.54, 1.807) is 6.26 Å². The lowest BCUT2D eigenvalue weighted by Gasteiger charge is -2.32. The Kier molecular flexibility index (Phi) is 5.79. The van der Waals surface area contributed by atoms with Gasteiger partial charge in [-0.1, -0.05) is 6.92 Å². The second kappa shape index (κ2) is 7.36. The molecule has 2 rings (SSSR count). The van der Waals surface area contributed by atoms with Crippen LogP contribution in [0.1, 0.15) is 44.8 Å². The Balaban J connectivity index is 1.64. The maximum atomic E-state index is 9.68. The van der Waals surface area contributed by atoms with E-state index < -0.39 is 0 Å². The minimum atomic E-state index is -0.0492. The van der Waals surface area contributed by atoms with Crippen molar-refractivity contribution in [2.75, 3.05) is 12.4 Å². The topological polar surface area (TPSA) is 45.4 Å². The van der Waals surface area contributed by atoms with Crippen molar-refractivity contribution in [2.45, 2.75) is 56.4 Å². The Labute approximate surface area is 120 Å². The minimum Gasteiger partial charge on any atom is -0.468 e. The van der Waals surface area contributed by atoms with Crippen LogP contribution in [0.4, 0.5) is 0 Å². The fourth-order valence-electron chi connectivity index (χ4n) is 2.33. The smallest absolute Gasteiger partial charge is 0.113 e. The van der Waals surface area contributed by atoms with Crippen LogP contribution < -0.4 is 5.32 Å². The monoisotopic (exact) mass is 283 g/mol. The first kappa shape index (κ1) is 14.9. The van der Waals surface area contributed by atoms with Crippen LogP contribution in [0.3, 0.4) is 0 Å². The Morgan fingerprint density at radius 2 is 2.37 bits per heavy atom. The van der Waals surface area contributed by atoms with Crippen molar-refractivity contribution in [1.29, 1.82) is 0 Å². The van der Waals surface area contributed by atoms with Crippen LogP contribution in [0.5, 0.6) is 0 Å². The quantitative estimate of drug-likeness (QED) is 0.647. The first-order valence-corrected chi connectivity index (χ1v) is 8.42. The average molecular weight is 283 g/mol. The number of rotatable bonds is 10. The molecule has 2 N–H and O–H groups in total. The number of hydrogen-bond donors (Lipinski definition) is 2. The molecule has 1 atom stereocenters. The van der Waals surface area contributed by atoms with E-state index in [0.29, 0.717) is 6.04 Å². The summed E-state index contributed by atoms with van der Waals surface area (Å²) >= 11 is 1.90. The highest BCUT2D eigenvalue weighted by Crippen LogP contribution is 2.27. The summed E-state index contributed by atoms with van der Waals surface area (Å²) in [5.41, 5.74) is -0.0492. The van der Waals surface area contributed by atoms with Crippen LogP contribution in [-0.4, -0.2) is 29.0 Å². The van der Waals surface area contributed by atoms with Gasteiger partial charge in [-0.3, -0.25) is 0 Å². The van der Waals surface area contributed by atoms with E-state index in [0.717, 1.165) is 36.5 Å². The number of aliphatic hydroxyl groups is 1. The molecule has 1 aromatic rings. The standard InChI is InChI=1S/C15H25NO2S/c1-2-15(12-17,16-13-6-7-13)8-4-10-19-11-14-5-3-9-18-14/h3,5,9,13,16-17H,2,4,6-8,10-12H2,1H3. The minimum absolute atomic E-state index is 0.0492. The Bertz CT molecular complexity index is 345. The van der Waals surface area contributed by atoms with E-state index in [4.69, 9.17) is 4.42 Å². The van der Waals surface area contributed by atoms with Gasteiger partial charge < -0.3 is 14.8 Å². The molecular formula is C15H25NO2S. The molecule has 0 aromatic carbocycles. The van der Waals surface area contributed by atoms with Gasteiger partial charge in [-0.05, 0) is 50.0 Å². The molecule has 3 nitrogen and oxygen atoms in total. The molecule has 1 saturated carbocycles. The fraction of sp³-hybridized carbons (Fsp3) is 0.733. The van der Waals surface area contributed by atoms with Crippen LogP contribution in [0, 0.1) is 0 Å². The molecule has 1 heterocycles. The highest BCUT2D eigenvalue weighted by molar-refractivity contribution is 7.98. The van der Waals surface area contributed by atoms with Crippen molar-refractivity contribution in [3.05, 3.63) is 24.2 Å². The molecule has 19 heavy (non-hydrogen) atoms. The third kappa shape index (κ3) is 4.86. The van der Waals surface area contributed by atoms with E-state index in [1.807, 2.05) is 23.9 Å². The molecule has 1 aliphatic carbocycles. The lowest BCUT2D eigenvalue weighted by atomic mass is 9.91. The number of nitrogens with one attached hydrogen (secondary N) is 1. The molecule has 1 fully saturated rings. The molecule has 108 valence electrons. The van der Waals surface area contributed by atoms with Crippen molar-refractivity contribution >= 4 is 11.8 Å². The Hall–Kier alpha value is -0.450. The van der Waals surface area contributed by atoms with E-state index in [2.05, 4.69) is 12.2 Å². The summed E-state index contributed by atoms with van der Waals surface area (Å²) in [6.07, 6.45) is 7.47. The highest BCUT2D eigenvalue weighted by Gasteiger charge is 2.33. The van der Waals surface area contributed by atoms with E-state index in [1.165, 1.54) is 12.8 Å². The van der Waals surface area contributed by atoms with Gasteiger partial charge in [-0.25, -0.2) is 0 Å². The molecule has 1 aliphatic rings. The van der Waals surface area contributed by atoms with Crippen LogP contribution in [0.25, 0.3) is 0 Å². The van der Waals surface area contributed by atoms with Crippen molar-refractivity contribution in [3.8, 4) is 0 Å². The molecule has 0 radical (unpaired) electrons. The molecule has 0 spiro atoms. The van der Waals surface area contributed by atoms with Gasteiger partial charge in [-0.2, -0.15) is 11.8 Å². The summed E-state index contributed by atoms with van der Waals surface area (Å²) in [5, 5.41) is 13.3. The summed E-state index contributed by atoms with van der Waals surface area (Å²) in [4.78, 5) is 0. The zero-order chi connectivity index (χ0) is 13.6. The van der Waals surface area contributed by atoms with Gasteiger partial charge in [0.2, 0.25) is 0 Å². The van der Waals surface area contributed by atoms with E-state index in [-0.39, 0.29) is 12.1 Å². The molecule has 0 saturated heterocycles. The maximum absolute atomic E-state index is 9.68. The van der Waals surface area contributed by atoms with Gasteiger partial charge in [0.15, 0.2) is 0 Å². The zero-order valence-electron chi connectivity index (χ0n) is 11.7. The summed E-state index contributed by atoms with van der Waals surface area (Å²) in [6.45, 7) is 2.42. The van der Waals surface area contributed by atoms with Crippen LogP contribution in [0.2, 0.25) is 0 Å². The average Bonchev–Trinajstić information content (AvgIpc) is 3.09. The van der Waals surface area contributed by atoms with Gasteiger partial charge in [-0.15, -0.1) is 0 Å². The van der Waals surface area contributed by atoms with Gasteiger partial charge in [0.25, 0.3) is 0 Å². The molecular weight excluding hydrogens is 258 g/mol. The van der Waals surface area contributed by atoms with E-state index in [9.17, 15) is 5.11 Å². The normalized spacial score (nSPS) is 18.4. The summed E-state index contributed by atoms with van der Waals surface area (Å²) in [7, 11) is 0. The van der Waals surface area contributed by atoms with Crippen molar-refractivity contribution < 1.29 is 9.52 Å². The van der Waals surface area contributed by atoms with Crippen LogP contribution in [0.15, 0.2) is 22.8 Å². The predicted molar refractivity (Wildman–Crippen MR) is 80.4 cm³/mol. The highest BCUT2D eigenvalue weighted by atomic mass is 32.2. The first-order chi connectivity index (χ1) is 9.28. The van der Waals surface area contributed by atoms with Gasteiger partial charge in [0.05, 0.1) is 18.6 Å². The zero-order valence-corrected chi connectivity index (χ0v) is 12.5. The van der Waals surface area contributed by atoms with Crippen LogP contribution in [-0.2, 0) is 5.75 Å². The number of thioether (sulfide) groups is 1. The van der Waals surface area contributed by atoms with Crippen molar-refractivity contribution in [3.63, 3.8) is 0 Å². The largest absolute Gasteiger partial charge is 0.468 e. The predicted octanol–water partition coefficient (Wildman–Crippen LogP) is 3.19. The molecule has 0 amide bonds. The summed E-state index contributed by atoms with van der Waals surface area (Å²) in [6, 6.07) is 4.61. The number of furan rings is 1. The summed E-state index contributed by atoms with van der Waals surface area (Å²) < 4.78 is 5.31. The third-order valence-corrected chi connectivity index (χ3v) is 4.90. The molecule has 4 heteroatoms. The SMILES string of the molecule is CCC(CO)(CCCSCc1ccco1)NC1CC1. The fourth-order valence-corrected chi connectivity index (χ4v) is 3.19.